The fourth-order valence-electron chi connectivity index (χ4n) is 2.74. The molecule has 4 nitrogen and oxygen atoms in total. The third kappa shape index (κ3) is 3.23. The van der Waals surface area contributed by atoms with E-state index in [4.69, 9.17) is 0 Å². The Kier molecular flexibility index (Phi) is 4.38. The summed E-state index contributed by atoms with van der Waals surface area (Å²) in [4.78, 5) is 16.5. The molecule has 0 aliphatic rings. The van der Waals surface area contributed by atoms with E-state index in [1.807, 2.05) is 61.5 Å². The molecule has 4 rings (SSSR count). The molecule has 1 atom stereocenters. The molecule has 0 amide bonds. The van der Waals surface area contributed by atoms with Gasteiger partial charge >= 0.3 is 0 Å². The summed E-state index contributed by atoms with van der Waals surface area (Å²) < 4.78 is 0.805. The fourth-order valence-corrected chi connectivity index (χ4v) is 4.82. The smallest absolute Gasteiger partial charge is 0.182 e. The van der Waals surface area contributed by atoms with Gasteiger partial charge in [0.2, 0.25) is 0 Å². The van der Waals surface area contributed by atoms with E-state index in [2.05, 4.69) is 15.2 Å². The second-order valence-electron chi connectivity index (χ2n) is 5.61. The summed E-state index contributed by atoms with van der Waals surface area (Å²) in [6, 6.07) is 17.7. The average molecular weight is 365 g/mol. The highest BCUT2D eigenvalue weighted by Gasteiger charge is 2.26. The molecule has 0 saturated carbocycles. The SMILES string of the molecule is Cc1nnc(SC(C(=O)c2c[nH]c3ccccc23)c2ccccc2)s1. The van der Waals surface area contributed by atoms with E-state index in [9.17, 15) is 4.79 Å². The number of nitrogens with one attached hydrogen (secondary N) is 1. The van der Waals surface area contributed by atoms with Crippen molar-refractivity contribution in [3.8, 4) is 0 Å². The number of thioether (sulfide) groups is 1. The maximum atomic E-state index is 13.3. The molecule has 1 N–H and O–H groups in total. The second-order valence-corrected chi connectivity index (χ2v) is 8.14. The number of aromatic amines is 1. The number of benzene rings is 2. The summed E-state index contributed by atoms with van der Waals surface area (Å²) in [7, 11) is 0. The number of ketones is 1. The summed E-state index contributed by atoms with van der Waals surface area (Å²) >= 11 is 2.97. The third-order valence-corrected chi connectivity index (χ3v) is 6.10. The third-order valence-electron chi connectivity index (χ3n) is 3.92. The largest absolute Gasteiger partial charge is 0.360 e. The van der Waals surface area contributed by atoms with Crippen molar-refractivity contribution >= 4 is 39.8 Å². The predicted molar refractivity (Wildman–Crippen MR) is 102 cm³/mol. The summed E-state index contributed by atoms with van der Waals surface area (Å²) in [6.07, 6.45) is 1.80. The lowest BCUT2D eigenvalue weighted by Gasteiger charge is -2.14. The minimum atomic E-state index is -0.354. The average Bonchev–Trinajstić information content (AvgIpc) is 3.26. The second kappa shape index (κ2) is 6.82. The van der Waals surface area contributed by atoms with E-state index in [1.165, 1.54) is 23.1 Å². The van der Waals surface area contributed by atoms with Crippen molar-refractivity contribution in [2.75, 3.05) is 0 Å². The van der Waals surface area contributed by atoms with Crippen LogP contribution in [-0.2, 0) is 0 Å². The van der Waals surface area contributed by atoms with Crippen LogP contribution in [0.5, 0.6) is 0 Å². The molecule has 0 bridgehead atoms. The number of aryl methyl sites for hydroxylation is 1. The van der Waals surface area contributed by atoms with Crippen molar-refractivity contribution in [1.82, 2.24) is 15.2 Å². The highest BCUT2D eigenvalue weighted by atomic mass is 32.2. The van der Waals surface area contributed by atoms with Crippen molar-refractivity contribution in [1.29, 1.82) is 0 Å². The van der Waals surface area contributed by atoms with Crippen LogP contribution in [0.1, 0.15) is 26.2 Å². The number of para-hydroxylation sites is 1. The lowest BCUT2D eigenvalue weighted by atomic mass is 10.0. The number of carbonyl (C=O) groups excluding carboxylic acids is 1. The van der Waals surface area contributed by atoms with Gasteiger partial charge in [-0.15, -0.1) is 10.2 Å². The standard InChI is InChI=1S/C19H15N3OS2/c1-12-21-22-19(24-12)25-18(13-7-3-2-4-8-13)17(23)15-11-20-16-10-6-5-9-14(15)16/h2-11,18,20H,1H3. The lowest BCUT2D eigenvalue weighted by molar-refractivity contribution is 0.0991. The zero-order valence-electron chi connectivity index (χ0n) is 13.5. The van der Waals surface area contributed by atoms with Crippen LogP contribution in [-0.4, -0.2) is 21.0 Å². The monoisotopic (exact) mass is 365 g/mol. The van der Waals surface area contributed by atoms with Gasteiger partial charge in [0.05, 0.1) is 0 Å². The number of fused-ring (bicyclic) bond motifs is 1. The van der Waals surface area contributed by atoms with Crippen molar-refractivity contribution in [3.05, 3.63) is 76.9 Å². The molecule has 0 spiro atoms. The molecule has 4 aromatic rings. The number of H-pyrrole nitrogens is 1. The zero-order chi connectivity index (χ0) is 17.2. The van der Waals surface area contributed by atoms with E-state index in [0.29, 0.717) is 5.56 Å². The quantitative estimate of drug-likeness (QED) is 0.397. The molecule has 0 aliphatic heterocycles. The van der Waals surface area contributed by atoms with Crippen LogP contribution >= 0.6 is 23.1 Å². The molecule has 0 radical (unpaired) electrons. The minimum absolute atomic E-state index is 0.0708. The van der Waals surface area contributed by atoms with Gasteiger partial charge in [0.25, 0.3) is 0 Å². The summed E-state index contributed by atoms with van der Waals surface area (Å²) in [5.74, 6) is 0.0708. The van der Waals surface area contributed by atoms with E-state index in [1.54, 1.807) is 6.20 Å². The Bertz CT molecular complexity index is 1020. The first kappa shape index (κ1) is 16.1. The molecular weight excluding hydrogens is 350 g/mol. The highest BCUT2D eigenvalue weighted by Crippen LogP contribution is 2.39. The number of hydrogen-bond acceptors (Lipinski definition) is 5. The number of aromatic nitrogens is 3. The Morgan fingerprint density at radius 3 is 2.60 bits per heavy atom. The van der Waals surface area contributed by atoms with Crippen molar-refractivity contribution in [3.63, 3.8) is 0 Å². The number of hydrogen-bond donors (Lipinski definition) is 1. The van der Waals surface area contributed by atoms with Gasteiger partial charge < -0.3 is 4.98 Å². The molecule has 0 aliphatic carbocycles. The van der Waals surface area contributed by atoms with E-state index in [-0.39, 0.29) is 11.0 Å². The number of rotatable bonds is 5. The van der Waals surface area contributed by atoms with Crippen LogP contribution in [0, 0.1) is 6.92 Å². The molecule has 6 heteroatoms. The van der Waals surface area contributed by atoms with Crippen molar-refractivity contribution in [2.24, 2.45) is 0 Å². The summed E-state index contributed by atoms with van der Waals surface area (Å²) in [5, 5.41) is 9.73. The zero-order valence-corrected chi connectivity index (χ0v) is 15.1. The van der Waals surface area contributed by atoms with Gasteiger partial charge in [0.1, 0.15) is 10.3 Å². The molecule has 2 heterocycles. The van der Waals surface area contributed by atoms with Gasteiger partial charge in [0.15, 0.2) is 10.1 Å². The van der Waals surface area contributed by atoms with Gasteiger partial charge in [-0.05, 0) is 18.6 Å². The Morgan fingerprint density at radius 1 is 1.08 bits per heavy atom. The Balaban J connectivity index is 1.75. The predicted octanol–water partition coefficient (Wildman–Crippen LogP) is 5.04. The summed E-state index contributed by atoms with van der Waals surface area (Å²) in [6.45, 7) is 1.92. The molecule has 25 heavy (non-hydrogen) atoms. The normalized spacial score (nSPS) is 12.4. The van der Waals surface area contributed by atoms with Crippen LogP contribution < -0.4 is 0 Å². The molecule has 1 unspecified atom stereocenters. The maximum Gasteiger partial charge on any atom is 0.182 e. The van der Waals surface area contributed by atoms with Gasteiger partial charge in [-0.2, -0.15) is 0 Å². The fraction of sp³-hybridized carbons (Fsp3) is 0.105. The van der Waals surface area contributed by atoms with E-state index in [0.717, 1.165) is 25.8 Å². The first-order valence-corrected chi connectivity index (χ1v) is 9.54. The molecule has 124 valence electrons. The van der Waals surface area contributed by atoms with Gasteiger partial charge in [-0.3, -0.25) is 4.79 Å². The van der Waals surface area contributed by atoms with Crippen LogP contribution in [0.15, 0.2) is 65.1 Å². The van der Waals surface area contributed by atoms with E-state index < -0.39 is 0 Å². The minimum Gasteiger partial charge on any atom is -0.360 e. The Hall–Kier alpha value is -2.44. The van der Waals surface area contributed by atoms with Gasteiger partial charge in [-0.25, -0.2) is 0 Å². The maximum absolute atomic E-state index is 13.3. The van der Waals surface area contributed by atoms with Crippen LogP contribution in [0.3, 0.4) is 0 Å². The van der Waals surface area contributed by atoms with Crippen LogP contribution in [0.4, 0.5) is 0 Å². The van der Waals surface area contributed by atoms with Gasteiger partial charge in [-0.1, -0.05) is 71.6 Å². The Labute approximate surface area is 153 Å². The van der Waals surface area contributed by atoms with Crippen LogP contribution in [0.2, 0.25) is 0 Å². The first-order valence-electron chi connectivity index (χ1n) is 7.84. The molecular formula is C19H15N3OS2. The molecule has 0 saturated heterocycles. The number of carbonyl (C=O) groups is 1. The first-order chi connectivity index (χ1) is 12.2. The van der Waals surface area contributed by atoms with E-state index >= 15 is 0 Å². The molecule has 2 aromatic heterocycles. The van der Waals surface area contributed by atoms with Crippen molar-refractivity contribution < 1.29 is 4.79 Å². The topological polar surface area (TPSA) is 58.6 Å². The lowest BCUT2D eigenvalue weighted by Crippen LogP contribution is -2.09. The molecule has 2 aromatic carbocycles. The summed E-state index contributed by atoms with van der Waals surface area (Å²) in [5.41, 5.74) is 2.64. The van der Waals surface area contributed by atoms with Gasteiger partial charge in [0, 0.05) is 22.7 Å². The van der Waals surface area contributed by atoms with Crippen molar-refractivity contribution in [2.45, 2.75) is 16.5 Å². The number of Topliss-reactive ketones (excluding diaryl/α,β-unsaturated/α-hetero) is 1. The Morgan fingerprint density at radius 2 is 1.84 bits per heavy atom. The number of nitrogens with zero attached hydrogens (tertiary/aromatic N) is 2. The van der Waals surface area contributed by atoms with Crippen LogP contribution in [0.25, 0.3) is 10.9 Å². The molecule has 0 fully saturated rings. The highest BCUT2D eigenvalue weighted by molar-refractivity contribution is 8.01.